The van der Waals surface area contributed by atoms with Crippen molar-refractivity contribution in [3.8, 4) is 0 Å². The third-order valence-corrected chi connectivity index (χ3v) is 4.13. The number of carbonyl (C=O) groups excluding carboxylic acids is 1. The van der Waals surface area contributed by atoms with Gasteiger partial charge in [0.15, 0.2) is 0 Å². The Balaban J connectivity index is 0.000000887. The molecule has 1 saturated heterocycles. The van der Waals surface area contributed by atoms with Crippen LogP contribution in [0.4, 0.5) is 13.2 Å². The Kier molecular flexibility index (Phi) is 13.4. The molecule has 1 fully saturated rings. The summed E-state index contributed by atoms with van der Waals surface area (Å²) in [5.41, 5.74) is 0.926. The van der Waals surface area contributed by atoms with Gasteiger partial charge >= 0.3 is 18.1 Å². The predicted molar refractivity (Wildman–Crippen MR) is 98.7 cm³/mol. The van der Waals surface area contributed by atoms with Crippen molar-refractivity contribution in [1.29, 1.82) is 0 Å². The van der Waals surface area contributed by atoms with Gasteiger partial charge in [-0.25, -0.2) is 4.79 Å². The van der Waals surface area contributed by atoms with E-state index in [-0.39, 0.29) is 18.6 Å². The summed E-state index contributed by atoms with van der Waals surface area (Å²) in [5.74, 6) is -2.26. The Bertz CT molecular complexity index is 477. The van der Waals surface area contributed by atoms with Gasteiger partial charge in [-0.05, 0) is 31.6 Å². The van der Waals surface area contributed by atoms with Crippen LogP contribution in [-0.2, 0) is 19.1 Å². The van der Waals surface area contributed by atoms with E-state index in [0.717, 1.165) is 43.9 Å². The summed E-state index contributed by atoms with van der Waals surface area (Å²) in [6.07, 6.45) is 2.57. The van der Waals surface area contributed by atoms with Gasteiger partial charge in [0.1, 0.15) is 12.6 Å². The van der Waals surface area contributed by atoms with Crippen molar-refractivity contribution >= 4 is 11.9 Å². The number of hydrogen-bond donors (Lipinski definition) is 2. The monoisotopic (exact) mass is 411 g/mol. The third kappa shape index (κ3) is 14.3. The van der Waals surface area contributed by atoms with E-state index in [2.05, 4.69) is 25.7 Å². The lowest BCUT2D eigenvalue weighted by atomic mass is 9.98. The maximum Gasteiger partial charge on any atom is 0.490 e. The summed E-state index contributed by atoms with van der Waals surface area (Å²) < 4.78 is 42.4. The summed E-state index contributed by atoms with van der Waals surface area (Å²) in [6.45, 7) is 9.99. The van der Waals surface area contributed by atoms with E-state index in [0.29, 0.717) is 6.61 Å². The molecule has 0 bridgehead atoms. The number of allylic oxidation sites excluding steroid dienone is 1. The highest BCUT2D eigenvalue weighted by molar-refractivity contribution is 5.73. The summed E-state index contributed by atoms with van der Waals surface area (Å²) in [5, 5.41) is 10.2. The number of esters is 1. The number of carbonyl (C=O) groups is 2. The number of aliphatic carboxylic acids is 1. The van der Waals surface area contributed by atoms with Gasteiger partial charge < -0.3 is 19.9 Å². The molecule has 0 radical (unpaired) electrons. The minimum atomic E-state index is -5.08. The number of unbranched alkanes of at least 4 members (excludes halogenated alkanes) is 1. The van der Waals surface area contributed by atoms with Crippen molar-refractivity contribution in [2.75, 3.05) is 19.8 Å². The van der Waals surface area contributed by atoms with E-state index < -0.39 is 12.1 Å². The van der Waals surface area contributed by atoms with E-state index in [1.807, 2.05) is 0 Å². The number of carboxylic acid groups (broad SMARTS) is 1. The van der Waals surface area contributed by atoms with E-state index in [1.165, 1.54) is 19.3 Å². The van der Waals surface area contributed by atoms with Crippen LogP contribution < -0.4 is 5.32 Å². The first-order valence-electron chi connectivity index (χ1n) is 9.55. The Labute approximate surface area is 164 Å². The Morgan fingerprint density at radius 1 is 1.36 bits per heavy atom. The summed E-state index contributed by atoms with van der Waals surface area (Å²) in [7, 11) is 0. The molecule has 9 heteroatoms. The largest absolute Gasteiger partial charge is 0.490 e. The minimum absolute atomic E-state index is 0.0737. The Hall–Kier alpha value is -1.77. The second-order valence-corrected chi connectivity index (χ2v) is 6.88. The van der Waals surface area contributed by atoms with E-state index in [1.54, 1.807) is 0 Å². The molecule has 0 aromatic heterocycles. The SMILES string of the molecule is C=C(CC[C@H](C)CCCC)NCC(=O)O[C@@H]1CCCOC1.O=C(O)C(F)(F)F. The maximum absolute atomic E-state index is 11.7. The van der Waals surface area contributed by atoms with Gasteiger partial charge in [-0.2, -0.15) is 13.2 Å². The lowest BCUT2D eigenvalue weighted by Gasteiger charge is -2.22. The first-order chi connectivity index (χ1) is 13.1. The van der Waals surface area contributed by atoms with Crippen molar-refractivity contribution in [3.63, 3.8) is 0 Å². The third-order valence-electron chi connectivity index (χ3n) is 4.13. The van der Waals surface area contributed by atoms with Crippen LogP contribution in [0.15, 0.2) is 12.3 Å². The number of nitrogens with one attached hydrogen (secondary N) is 1. The molecule has 0 aromatic carbocycles. The van der Waals surface area contributed by atoms with Crippen LogP contribution in [0.25, 0.3) is 0 Å². The number of ether oxygens (including phenoxy) is 2. The quantitative estimate of drug-likeness (QED) is 0.528. The van der Waals surface area contributed by atoms with E-state index in [4.69, 9.17) is 19.4 Å². The zero-order chi connectivity index (χ0) is 21.6. The number of hydrogen-bond acceptors (Lipinski definition) is 5. The second-order valence-electron chi connectivity index (χ2n) is 6.88. The highest BCUT2D eigenvalue weighted by Gasteiger charge is 2.38. The lowest BCUT2D eigenvalue weighted by Crippen LogP contribution is -2.32. The summed E-state index contributed by atoms with van der Waals surface area (Å²) >= 11 is 0. The van der Waals surface area contributed by atoms with Crippen LogP contribution in [0.2, 0.25) is 0 Å². The zero-order valence-electron chi connectivity index (χ0n) is 16.6. The molecule has 0 amide bonds. The van der Waals surface area contributed by atoms with Gasteiger partial charge in [0.25, 0.3) is 0 Å². The minimum Gasteiger partial charge on any atom is -0.475 e. The van der Waals surface area contributed by atoms with Gasteiger partial charge in [-0.1, -0.05) is 39.7 Å². The van der Waals surface area contributed by atoms with Crippen LogP contribution in [-0.4, -0.2) is 49.1 Å². The molecule has 2 N–H and O–H groups in total. The van der Waals surface area contributed by atoms with Crippen LogP contribution in [0.5, 0.6) is 0 Å². The highest BCUT2D eigenvalue weighted by Crippen LogP contribution is 2.16. The standard InChI is InChI=1S/C17H31NO3.C2HF3O2/c1-4-5-7-14(2)9-10-15(3)18-12-17(19)21-16-8-6-11-20-13-16;3-2(4,5)1(6)7/h14,16,18H,3-13H2,1-2H3;(H,6,7)/t14-,16-;/m1./s1. The topological polar surface area (TPSA) is 84.9 Å². The van der Waals surface area contributed by atoms with Gasteiger partial charge in [0.05, 0.1) is 6.61 Å². The molecule has 0 aromatic rings. The first-order valence-corrected chi connectivity index (χ1v) is 9.55. The van der Waals surface area contributed by atoms with Crippen molar-refractivity contribution in [2.24, 2.45) is 5.92 Å². The van der Waals surface area contributed by atoms with Crippen molar-refractivity contribution < 1.29 is 37.3 Å². The summed E-state index contributed by atoms with van der Waals surface area (Å²) in [4.78, 5) is 20.6. The van der Waals surface area contributed by atoms with Crippen molar-refractivity contribution in [3.05, 3.63) is 12.3 Å². The van der Waals surface area contributed by atoms with Crippen LogP contribution in [0.1, 0.15) is 58.8 Å². The average molecular weight is 411 g/mol. The molecule has 28 heavy (non-hydrogen) atoms. The number of alkyl halides is 3. The molecular formula is C19H32F3NO5. The van der Waals surface area contributed by atoms with Crippen molar-refractivity contribution in [2.45, 2.75) is 71.1 Å². The normalized spacial score (nSPS) is 17.7. The number of rotatable bonds is 10. The molecule has 1 heterocycles. The summed E-state index contributed by atoms with van der Waals surface area (Å²) in [6, 6.07) is 0. The number of carboxylic acids is 1. The van der Waals surface area contributed by atoms with Crippen LogP contribution in [0.3, 0.4) is 0 Å². The fraction of sp³-hybridized carbons (Fsp3) is 0.789. The van der Waals surface area contributed by atoms with E-state index in [9.17, 15) is 18.0 Å². The molecule has 0 unspecified atom stereocenters. The molecule has 0 saturated carbocycles. The molecule has 0 aliphatic carbocycles. The molecule has 1 rings (SSSR count). The fourth-order valence-electron chi connectivity index (χ4n) is 2.43. The predicted octanol–water partition coefficient (Wildman–Crippen LogP) is 4.05. The van der Waals surface area contributed by atoms with Crippen molar-refractivity contribution in [1.82, 2.24) is 5.32 Å². The number of halogens is 3. The fourth-order valence-corrected chi connectivity index (χ4v) is 2.43. The van der Waals surface area contributed by atoms with Gasteiger partial charge in [0, 0.05) is 12.3 Å². The van der Waals surface area contributed by atoms with Crippen LogP contribution >= 0.6 is 0 Å². The molecule has 164 valence electrons. The molecule has 1 aliphatic rings. The highest BCUT2D eigenvalue weighted by atomic mass is 19.4. The molecule has 2 atom stereocenters. The molecule has 0 spiro atoms. The maximum atomic E-state index is 11.7. The van der Waals surface area contributed by atoms with Crippen LogP contribution in [0, 0.1) is 5.92 Å². The first kappa shape index (κ1) is 26.2. The molecule has 1 aliphatic heterocycles. The smallest absolute Gasteiger partial charge is 0.475 e. The second kappa shape index (κ2) is 14.3. The van der Waals surface area contributed by atoms with Gasteiger partial charge in [0.2, 0.25) is 0 Å². The zero-order valence-corrected chi connectivity index (χ0v) is 16.6. The average Bonchev–Trinajstić information content (AvgIpc) is 2.63. The molecule has 6 nitrogen and oxygen atoms in total. The Morgan fingerprint density at radius 2 is 2.00 bits per heavy atom. The lowest BCUT2D eigenvalue weighted by molar-refractivity contribution is -0.192. The van der Waals surface area contributed by atoms with Gasteiger partial charge in [-0.15, -0.1) is 0 Å². The molecular weight excluding hydrogens is 379 g/mol. The van der Waals surface area contributed by atoms with Gasteiger partial charge in [-0.3, -0.25) is 4.79 Å². The Morgan fingerprint density at radius 3 is 2.50 bits per heavy atom. The van der Waals surface area contributed by atoms with E-state index >= 15 is 0 Å².